The molecule has 0 N–H and O–H groups in total. The van der Waals surface area contributed by atoms with E-state index < -0.39 is 5.82 Å². The van der Waals surface area contributed by atoms with Crippen molar-refractivity contribution in [3.05, 3.63) is 64.3 Å². The number of aromatic nitrogens is 3. The van der Waals surface area contributed by atoms with Crippen LogP contribution in [-0.2, 0) is 6.54 Å². The molecule has 1 aliphatic rings. The molecule has 1 fully saturated rings. The number of rotatable bonds is 6. The second-order valence-corrected chi connectivity index (χ2v) is 8.67. The maximum atomic E-state index is 13.3. The minimum Gasteiger partial charge on any atom is -0.368 e. The maximum absolute atomic E-state index is 13.3. The molecule has 0 amide bonds. The first kappa shape index (κ1) is 19.3. The van der Waals surface area contributed by atoms with Crippen LogP contribution in [0.1, 0.15) is 12.8 Å². The zero-order chi connectivity index (χ0) is 20.5. The van der Waals surface area contributed by atoms with Crippen molar-refractivity contribution in [2.75, 3.05) is 37.6 Å². The van der Waals surface area contributed by atoms with E-state index in [1.807, 2.05) is 0 Å². The fourth-order valence-electron chi connectivity index (χ4n) is 4.20. The first-order valence-electron chi connectivity index (χ1n) is 10.4. The third-order valence-corrected chi connectivity index (χ3v) is 6.70. The van der Waals surface area contributed by atoms with Gasteiger partial charge >= 0.3 is 5.69 Å². The number of aryl methyl sites for hydroxylation is 1. The summed E-state index contributed by atoms with van der Waals surface area (Å²) in [6, 6.07) is 11.6. The molecule has 8 heteroatoms. The summed E-state index contributed by atoms with van der Waals surface area (Å²) in [5.74, 6) is -0.432. The number of hydrogen-bond acceptors (Lipinski definition) is 5. The average Bonchev–Trinajstić information content (AvgIpc) is 3.37. The number of hydrogen-bond donors (Lipinski definition) is 0. The molecule has 6 nitrogen and oxygen atoms in total. The number of piperazine rings is 1. The zero-order valence-electron chi connectivity index (χ0n) is 16.7. The second-order valence-electron chi connectivity index (χ2n) is 7.73. The summed E-state index contributed by atoms with van der Waals surface area (Å²) in [6.07, 6.45) is 3.08. The van der Waals surface area contributed by atoms with Gasteiger partial charge in [-0.15, -0.1) is 16.4 Å². The minimum atomic E-state index is -0.432. The number of unbranched alkanes of at least 4 members (excludes halogenated alkanes) is 1. The van der Waals surface area contributed by atoms with E-state index >= 15 is 0 Å². The van der Waals surface area contributed by atoms with Crippen molar-refractivity contribution < 1.29 is 4.39 Å². The monoisotopic (exact) mass is 425 g/mol. The molecule has 3 aromatic heterocycles. The molecule has 0 spiro atoms. The molecule has 1 saturated heterocycles. The van der Waals surface area contributed by atoms with Crippen LogP contribution < -0.4 is 10.6 Å². The van der Waals surface area contributed by atoms with Crippen LogP contribution in [0.5, 0.6) is 0 Å². The normalized spacial score (nSPS) is 15.4. The molecule has 1 aliphatic heterocycles. The predicted octanol–water partition coefficient (Wildman–Crippen LogP) is 3.45. The van der Waals surface area contributed by atoms with Gasteiger partial charge in [0.15, 0.2) is 5.65 Å². The molecule has 0 radical (unpaired) electrons. The highest BCUT2D eigenvalue weighted by atomic mass is 32.1. The zero-order valence-corrected chi connectivity index (χ0v) is 17.5. The Morgan fingerprint density at radius 3 is 2.70 bits per heavy atom. The lowest BCUT2D eigenvalue weighted by Gasteiger charge is -2.36. The Morgan fingerprint density at radius 2 is 1.83 bits per heavy atom. The van der Waals surface area contributed by atoms with E-state index in [9.17, 15) is 9.18 Å². The molecule has 0 atom stereocenters. The van der Waals surface area contributed by atoms with E-state index in [4.69, 9.17) is 0 Å². The van der Waals surface area contributed by atoms with Gasteiger partial charge in [-0.2, -0.15) is 0 Å². The number of halogens is 1. The Hall–Kier alpha value is -2.71. The number of benzene rings is 1. The van der Waals surface area contributed by atoms with Gasteiger partial charge in [0.05, 0.1) is 6.20 Å². The summed E-state index contributed by atoms with van der Waals surface area (Å²) in [6.45, 7) is 5.75. The second kappa shape index (κ2) is 8.20. The van der Waals surface area contributed by atoms with Crippen molar-refractivity contribution in [2.24, 2.45) is 0 Å². The van der Waals surface area contributed by atoms with Crippen molar-refractivity contribution in [1.82, 2.24) is 19.1 Å². The molecule has 4 heterocycles. The molecule has 0 aliphatic carbocycles. The number of nitrogens with zero attached hydrogens (tertiary/aromatic N) is 5. The van der Waals surface area contributed by atoms with Crippen molar-refractivity contribution in [2.45, 2.75) is 19.4 Å². The molecule has 1 aromatic carbocycles. The lowest BCUT2D eigenvalue weighted by atomic mass is 10.2. The van der Waals surface area contributed by atoms with Gasteiger partial charge in [-0.05, 0) is 55.1 Å². The van der Waals surface area contributed by atoms with Gasteiger partial charge in [-0.3, -0.25) is 4.90 Å². The summed E-state index contributed by atoms with van der Waals surface area (Å²) in [5, 5.41) is 7.80. The van der Waals surface area contributed by atoms with Gasteiger partial charge in [0.1, 0.15) is 5.82 Å². The fraction of sp³-hybridized carbons (Fsp3) is 0.364. The molecule has 5 rings (SSSR count). The van der Waals surface area contributed by atoms with E-state index in [0.29, 0.717) is 12.2 Å². The topological polar surface area (TPSA) is 45.8 Å². The first-order chi connectivity index (χ1) is 14.7. The van der Waals surface area contributed by atoms with E-state index in [0.717, 1.165) is 45.6 Å². The van der Waals surface area contributed by atoms with Crippen molar-refractivity contribution in [1.29, 1.82) is 0 Å². The summed E-state index contributed by atoms with van der Waals surface area (Å²) in [7, 11) is 0. The van der Waals surface area contributed by atoms with Crippen molar-refractivity contribution >= 4 is 32.8 Å². The third kappa shape index (κ3) is 3.73. The molecule has 0 saturated carbocycles. The van der Waals surface area contributed by atoms with Crippen molar-refractivity contribution in [3.63, 3.8) is 0 Å². The Labute approximate surface area is 177 Å². The SMILES string of the molecule is O=c1n(CCCCN2CCN(c3cccc4sccc34)CC2)nc2ccc(F)cn12. The molecule has 156 valence electrons. The minimum absolute atomic E-state index is 0.277. The van der Waals surface area contributed by atoms with Gasteiger partial charge in [0.2, 0.25) is 0 Å². The summed E-state index contributed by atoms with van der Waals surface area (Å²) >= 11 is 1.79. The van der Waals surface area contributed by atoms with Gasteiger partial charge in [-0.25, -0.2) is 18.3 Å². The van der Waals surface area contributed by atoms with Gasteiger partial charge in [-0.1, -0.05) is 6.07 Å². The van der Waals surface area contributed by atoms with Crippen LogP contribution in [-0.4, -0.2) is 51.8 Å². The Kier molecular flexibility index (Phi) is 5.26. The maximum Gasteiger partial charge on any atom is 0.350 e. The van der Waals surface area contributed by atoms with E-state index in [1.54, 1.807) is 11.3 Å². The van der Waals surface area contributed by atoms with E-state index in [2.05, 4.69) is 44.5 Å². The van der Waals surface area contributed by atoms with Gasteiger partial charge in [0.25, 0.3) is 0 Å². The fourth-order valence-corrected chi connectivity index (χ4v) is 5.01. The van der Waals surface area contributed by atoms with Gasteiger partial charge < -0.3 is 4.90 Å². The van der Waals surface area contributed by atoms with Crippen molar-refractivity contribution in [3.8, 4) is 0 Å². The summed E-state index contributed by atoms with van der Waals surface area (Å²) in [5.41, 5.74) is 1.55. The highest BCUT2D eigenvalue weighted by molar-refractivity contribution is 7.17. The Balaban J connectivity index is 1.12. The summed E-state index contributed by atoms with van der Waals surface area (Å²) < 4.78 is 17.4. The Bertz CT molecular complexity index is 1220. The molecular weight excluding hydrogens is 401 g/mol. The smallest absolute Gasteiger partial charge is 0.350 e. The lowest BCUT2D eigenvalue weighted by molar-refractivity contribution is 0.251. The van der Waals surface area contributed by atoms with Crippen LogP contribution in [0.25, 0.3) is 15.7 Å². The van der Waals surface area contributed by atoms with Gasteiger partial charge in [0, 0.05) is 48.5 Å². The lowest BCUT2D eigenvalue weighted by Crippen LogP contribution is -2.46. The van der Waals surface area contributed by atoms with E-state index in [1.165, 1.54) is 43.2 Å². The predicted molar refractivity (Wildman–Crippen MR) is 119 cm³/mol. The van der Waals surface area contributed by atoms with Crippen LogP contribution in [0.3, 0.4) is 0 Å². The number of anilines is 1. The summed E-state index contributed by atoms with van der Waals surface area (Å²) in [4.78, 5) is 17.3. The van der Waals surface area contributed by atoms with Crippen LogP contribution in [0, 0.1) is 5.82 Å². The van der Waals surface area contributed by atoms with Crippen LogP contribution >= 0.6 is 11.3 Å². The van der Waals surface area contributed by atoms with Crippen LogP contribution in [0.4, 0.5) is 10.1 Å². The van der Waals surface area contributed by atoms with Crippen LogP contribution in [0.15, 0.2) is 52.8 Å². The highest BCUT2D eigenvalue weighted by Crippen LogP contribution is 2.31. The van der Waals surface area contributed by atoms with E-state index in [-0.39, 0.29) is 5.69 Å². The molecular formula is C22H24FN5OS. The number of thiophene rings is 1. The third-order valence-electron chi connectivity index (χ3n) is 5.82. The molecule has 0 bridgehead atoms. The molecule has 0 unspecified atom stereocenters. The quantitative estimate of drug-likeness (QED) is 0.444. The largest absolute Gasteiger partial charge is 0.368 e. The first-order valence-corrected chi connectivity index (χ1v) is 11.3. The van der Waals surface area contributed by atoms with Crippen LogP contribution in [0.2, 0.25) is 0 Å². The average molecular weight is 426 g/mol. The highest BCUT2D eigenvalue weighted by Gasteiger charge is 2.18. The Morgan fingerprint density at radius 1 is 1.00 bits per heavy atom. The standard InChI is InChI=1S/C22H24FN5OS/c23-17-6-7-21-24-28(22(29)27(21)16-17)10-2-1-9-25-11-13-26(14-12-25)19-4-3-5-20-18(19)8-15-30-20/h3-8,15-16H,1-2,9-14H2. The number of fused-ring (bicyclic) bond motifs is 2. The number of pyridine rings is 1. The molecule has 4 aromatic rings. The molecule has 30 heavy (non-hydrogen) atoms.